The third-order valence-electron chi connectivity index (χ3n) is 6.06. The van der Waals surface area contributed by atoms with Crippen LogP contribution >= 0.6 is 0 Å². The van der Waals surface area contributed by atoms with Crippen LogP contribution < -0.4 is 0 Å². The van der Waals surface area contributed by atoms with E-state index >= 15 is 0 Å². The minimum atomic E-state index is -0.0727. The van der Waals surface area contributed by atoms with Crippen LogP contribution in [0.15, 0.2) is 0 Å². The van der Waals surface area contributed by atoms with Gasteiger partial charge in [0, 0.05) is 24.2 Å². The molecule has 0 aliphatic heterocycles. The molecule has 3 aliphatic carbocycles. The van der Waals surface area contributed by atoms with Crippen molar-refractivity contribution in [1.29, 1.82) is 0 Å². The van der Waals surface area contributed by atoms with Crippen molar-refractivity contribution in [2.45, 2.75) is 46.5 Å². The maximum Gasteiger partial charge on any atom is 0.139 e. The summed E-state index contributed by atoms with van der Waals surface area (Å²) in [6.45, 7) is 6.31. The highest BCUT2D eigenvalue weighted by molar-refractivity contribution is 5.96. The lowest BCUT2D eigenvalue weighted by Crippen LogP contribution is -2.42. The predicted octanol–water partition coefficient (Wildman–Crippen LogP) is 2.36. The van der Waals surface area contributed by atoms with Crippen molar-refractivity contribution < 1.29 is 9.59 Å². The normalized spacial score (nSPS) is 57.7. The molecule has 3 aliphatic rings. The maximum atomic E-state index is 12.0. The predicted molar refractivity (Wildman–Crippen MR) is 56.3 cm³/mol. The number of hydrogen-bond acceptors (Lipinski definition) is 2. The largest absolute Gasteiger partial charge is 0.299 e. The molecule has 4 atom stereocenters. The van der Waals surface area contributed by atoms with E-state index in [4.69, 9.17) is 0 Å². The molecule has 0 saturated heterocycles. The Hall–Kier alpha value is -0.660. The summed E-state index contributed by atoms with van der Waals surface area (Å²) in [6, 6.07) is 0. The Morgan fingerprint density at radius 1 is 1.27 bits per heavy atom. The lowest BCUT2D eigenvalue weighted by atomic mass is 9.59. The second kappa shape index (κ2) is 2.21. The molecule has 0 heterocycles. The van der Waals surface area contributed by atoms with E-state index in [9.17, 15) is 9.59 Å². The van der Waals surface area contributed by atoms with Crippen LogP contribution in [0, 0.1) is 22.2 Å². The van der Waals surface area contributed by atoms with Gasteiger partial charge in [0.15, 0.2) is 0 Å². The first-order valence-electron chi connectivity index (χ1n) is 5.93. The lowest BCUT2D eigenvalue weighted by Gasteiger charge is -2.43. The summed E-state index contributed by atoms with van der Waals surface area (Å²) in [5, 5.41) is 0. The average Bonchev–Trinajstić information content (AvgIpc) is 2.75. The quantitative estimate of drug-likeness (QED) is 0.609. The molecular formula is C13H18O2. The number of ketones is 2. The fourth-order valence-electron chi connectivity index (χ4n) is 4.58. The highest BCUT2D eigenvalue weighted by Gasteiger charge is 2.81. The summed E-state index contributed by atoms with van der Waals surface area (Å²) in [7, 11) is 0. The van der Waals surface area contributed by atoms with Gasteiger partial charge in [-0.25, -0.2) is 0 Å². The summed E-state index contributed by atoms with van der Waals surface area (Å²) in [5.74, 6) is 0.859. The average molecular weight is 206 g/mol. The zero-order valence-corrected chi connectivity index (χ0v) is 9.72. The molecule has 0 aromatic heterocycles. The molecule has 1 spiro atoms. The zero-order valence-electron chi connectivity index (χ0n) is 9.72. The van der Waals surface area contributed by atoms with Crippen LogP contribution in [0.3, 0.4) is 0 Å². The highest BCUT2D eigenvalue weighted by Crippen LogP contribution is 2.83. The van der Waals surface area contributed by atoms with Gasteiger partial charge in [0.2, 0.25) is 0 Å². The van der Waals surface area contributed by atoms with E-state index in [-0.39, 0.29) is 22.2 Å². The minimum Gasteiger partial charge on any atom is -0.299 e. The van der Waals surface area contributed by atoms with Crippen molar-refractivity contribution in [1.82, 2.24) is 0 Å². The first-order valence-corrected chi connectivity index (χ1v) is 5.93. The Morgan fingerprint density at radius 3 is 2.53 bits per heavy atom. The number of Topliss-reactive ketones (excluding diaryl/α,β-unsaturated/α-hetero) is 2. The van der Waals surface area contributed by atoms with Crippen LogP contribution in [0.2, 0.25) is 0 Å². The van der Waals surface area contributed by atoms with Gasteiger partial charge < -0.3 is 0 Å². The van der Waals surface area contributed by atoms with Gasteiger partial charge in [0.1, 0.15) is 11.6 Å². The summed E-state index contributed by atoms with van der Waals surface area (Å²) in [5.41, 5.74) is 0.0787. The Bertz CT molecular complexity index is 386. The summed E-state index contributed by atoms with van der Waals surface area (Å²) in [6.07, 6.45) is 3.32. The Morgan fingerprint density at radius 2 is 1.93 bits per heavy atom. The van der Waals surface area contributed by atoms with E-state index in [1.54, 1.807) is 0 Å². The van der Waals surface area contributed by atoms with E-state index in [0.717, 1.165) is 12.8 Å². The molecule has 15 heavy (non-hydrogen) atoms. The monoisotopic (exact) mass is 206 g/mol. The molecule has 0 amide bonds. The van der Waals surface area contributed by atoms with E-state index in [1.165, 1.54) is 0 Å². The third-order valence-corrected chi connectivity index (χ3v) is 6.06. The number of carbonyl (C=O) groups excluding carboxylic acids is 2. The smallest absolute Gasteiger partial charge is 0.139 e. The topological polar surface area (TPSA) is 34.1 Å². The molecule has 0 radical (unpaired) electrons. The van der Waals surface area contributed by atoms with Crippen molar-refractivity contribution in [3.05, 3.63) is 0 Å². The molecular weight excluding hydrogens is 188 g/mol. The first-order chi connectivity index (χ1) is 6.87. The van der Waals surface area contributed by atoms with E-state index in [0.29, 0.717) is 24.4 Å². The second-order valence-electron chi connectivity index (χ2n) is 6.30. The molecule has 0 aromatic rings. The van der Waals surface area contributed by atoms with Crippen molar-refractivity contribution in [3.8, 4) is 0 Å². The Labute approximate surface area is 90.4 Å². The molecule has 2 nitrogen and oxygen atoms in total. The summed E-state index contributed by atoms with van der Waals surface area (Å²) < 4.78 is 0. The molecule has 82 valence electrons. The second-order valence-corrected chi connectivity index (χ2v) is 6.30. The number of hydrogen-bond donors (Lipinski definition) is 0. The molecule has 0 bridgehead atoms. The van der Waals surface area contributed by atoms with Crippen LogP contribution in [0.25, 0.3) is 0 Å². The van der Waals surface area contributed by atoms with Gasteiger partial charge in [-0.3, -0.25) is 9.59 Å². The van der Waals surface area contributed by atoms with Crippen molar-refractivity contribution in [3.63, 3.8) is 0 Å². The van der Waals surface area contributed by atoms with Crippen LogP contribution in [0.4, 0.5) is 0 Å². The molecule has 0 unspecified atom stereocenters. The summed E-state index contributed by atoms with van der Waals surface area (Å²) >= 11 is 0. The number of carbonyl (C=O) groups is 2. The van der Waals surface area contributed by atoms with Crippen LogP contribution in [-0.2, 0) is 9.59 Å². The molecule has 0 aromatic carbocycles. The fraction of sp³-hybridized carbons (Fsp3) is 0.846. The van der Waals surface area contributed by atoms with Gasteiger partial charge in [0.25, 0.3) is 0 Å². The van der Waals surface area contributed by atoms with Gasteiger partial charge in [0.05, 0.1) is 0 Å². The molecule has 3 fully saturated rings. The van der Waals surface area contributed by atoms with E-state index < -0.39 is 0 Å². The highest BCUT2D eigenvalue weighted by atomic mass is 16.1. The first kappa shape index (κ1) is 9.56. The van der Waals surface area contributed by atoms with Crippen LogP contribution in [0.5, 0.6) is 0 Å². The van der Waals surface area contributed by atoms with Crippen LogP contribution in [0.1, 0.15) is 46.5 Å². The van der Waals surface area contributed by atoms with E-state index in [2.05, 4.69) is 13.8 Å². The maximum absolute atomic E-state index is 12.0. The van der Waals surface area contributed by atoms with Crippen molar-refractivity contribution >= 4 is 11.6 Å². The molecule has 3 rings (SSSR count). The van der Waals surface area contributed by atoms with Crippen molar-refractivity contribution in [2.24, 2.45) is 22.2 Å². The minimum absolute atomic E-state index is 0.0336. The van der Waals surface area contributed by atoms with Crippen LogP contribution in [-0.4, -0.2) is 11.6 Å². The van der Waals surface area contributed by atoms with Crippen molar-refractivity contribution in [2.75, 3.05) is 0 Å². The Balaban J connectivity index is 2.11. The van der Waals surface area contributed by atoms with Gasteiger partial charge in [-0.2, -0.15) is 0 Å². The lowest BCUT2D eigenvalue weighted by molar-refractivity contribution is -0.133. The van der Waals surface area contributed by atoms with E-state index in [1.807, 2.05) is 6.92 Å². The Kier molecular flexibility index (Phi) is 1.41. The van der Waals surface area contributed by atoms with Gasteiger partial charge >= 0.3 is 0 Å². The zero-order chi connectivity index (χ0) is 11.1. The van der Waals surface area contributed by atoms with Gasteiger partial charge in [-0.15, -0.1) is 0 Å². The third kappa shape index (κ3) is 0.734. The van der Waals surface area contributed by atoms with Gasteiger partial charge in [-0.05, 0) is 23.7 Å². The molecule has 0 N–H and O–H groups in total. The SMILES string of the molecule is C[C@H]1C(=O)CC[C@@]23C[C@]2(C)C(=O)C[C@@]13C. The number of rotatable bonds is 0. The van der Waals surface area contributed by atoms with Gasteiger partial charge in [-0.1, -0.05) is 20.8 Å². The summed E-state index contributed by atoms with van der Waals surface area (Å²) in [4.78, 5) is 23.8. The standard InChI is InChI=1S/C13H18O2/c1-8-9(14)4-5-13-7-12(13,3)10(15)6-11(8,13)2/h8H,4-7H2,1-3H3/t8-,11-,12+,13-/m0/s1. The fourth-order valence-corrected chi connectivity index (χ4v) is 4.58. The molecule has 3 saturated carbocycles. The molecule has 2 heteroatoms.